The van der Waals surface area contributed by atoms with Gasteiger partial charge in [-0.25, -0.2) is 0 Å². The van der Waals surface area contributed by atoms with Crippen molar-refractivity contribution in [1.82, 2.24) is 8.61 Å². The molecule has 0 bridgehead atoms. The molecule has 0 aromatic carbocycles. The van der Waals surface area contributed by atoms with Gasteiger partial charge >= 0.3 is 5.97 Å². The van der Waals surface area contributed by atoms with E-state index in [0.717, 1.165) is 10.7 Å². The predicted octanol–water partition coefficient (Wildman–Crippen LogP) is -0.165. The number of carboxylic acid groups (broad SMARTS) is 1. The second-order valence-corrected chi connectivity index (χ2v) is 6.79. The van der Waals surface area contributed by atoms with Crippen molar-refractivity contribution < 1.29 is 23.1 Å². The molecule has 2 saturated heterocycles. The van der Waals surface area contributed by atoms with E-state index in [1.165, 1.54) is 4.31 Å². The maximum absolute atomic E-state index is 12.4. The first-order chi connectivity index (χ1) is 8.93. The van der Waals surface area contributed by atoms with Crippen molar-refractivity contribution in [3.63, 3.8) is 0 Å². The van der Waals surface area contributed by atoms with E-state index in [-0.39, 0.29) is 38.3 Å². The highest BCUT2D eigenvalue weighted by Gasteiger charge is 2.40. The van der Waals surface area contributed by atoms with Crippen molar-refractivity contribution in [2.75, 3.05) is 19.6 Å². The molecular weight excluding hydrogens is 272 g/mol. The number of piperidine rings is 2. The van der Waals surface area contributed by atoms with Crippen LogP contribution in [0.4, 0.5) is 0 Å². The number of ketones is 1. The Hall–Kier alpha value is -0.990. The minimum atomic E-state index is -3.77. The smallest absolute Gasteiger partial charge is 0.322 e. The maximum Gasteiger partial charge on any atom is 0.322 e. The summed E-state index contributed by atoms with van der Waals surface area (Å²) < 4.78 is 27.2. The number of Topliss-reactive ketones (excluding diaryl/α,β-unsaturated/α-hetero) is 1. The SMILES string of the molecule is O=C1CCN(S(=O)(=O)N2CCCCC2C(=O)O)CC1. The Labute approximate surface area is 112 Å². The summed E-state index contributed by atoms with van der Waals surface area (Å²) in [7, 11) is -3.77. The molecule has 0 spiro atoms. The lowest BCUT2D eigenvalue weighted by atomic mass is 10.1. The van der Waals surface area contributed by atoms with Crippen LogP contribution in [0.25, 0.3) is 0 Å². The Morgan fingerprint density at radius 2 is 1.79 bits per heavy atom. The standard InChI is InChI=1S/C11H18N2O5S/c14-9-4-7-12(8-5-9)19(17,18)13-6-2-1-3-10(13)11(15)16/h10H,1-8H2,(H,15,16). The molecule has 2 aliphatic heterocycles. The van der Waals surface area contributed by atoms with Crippen LogP contribution >= 0.6 is 0 Å². The molecule has 1 unspecified atom stereocenters. The summed E-state index contributed by atoms with van der Waals surface area (Å²) in [5.41, 5.74) is 0. The minimum Gasteiger partial charge on any atom is -0.480 e. The van der Waals surface area contributed by atoms with Gasteiger partial charge in [-0.15, -0.1) is 0 Å². The average Bonchev–Trinajstić information content (AvgIpc) is 2.39. The first-order valence-electron chi connectivity index (χ1n) is 6.44. The van der Waals surface area contributed by atoms with Gasteiger partial charge in [0.05, 0.1) is 0 Å². The first-order valence-corrected chi connectivity index (χ1v) is 7.84. The Kier molecular flexibility index (Phi) is 4.22. The Balaban J connectivity index is 2.17. The first kappa shape index (κ1) is 14.4. The fourth-order valence-corrected chi connectivity index (χ4v) is 4.36. The van der Waals surface area contributed by atoms with Gasteiger partial charge in [0.2, 0.25) is 0 Å². The molecule has 0 aromatic rings. The highest BCUT2D eigenvalue weighted by atomic mass is 32.2. The van der Waals surface area contributed by atoms with E-state index < -0.39 is 22.2 Å². The number of hydrogen-bond acceptors (Lipinski definition) is 4. The zero-order chi connectivity index (χ0) is 14.0. The predicted molar refractivity (Wildman–Crippen MR) is 66.7 cm³/mol. The Bertz CT molecular complexity index is 465. The van der Waals surface area contributed by atoms with E-state index in [4.69, 9.17) is 5.11 Å². The summed E-state index contributed by atoms with van der Waals surface area (Å²) in [6.45, 7) is 0.553. The summed E-state index contributed by atoms with van der Waals surface area (Å²) in [6.07, 6.45) is 2.17. The van der Waals surface area contributed by atoms with E-state index >= 15 is 0 Å². The summed E-state index contributed by atoms with van der Waals surface area (Å²) in [4.78, 5) is 22.3. The monoisotopic (exact) mass is 290 g/mol. The largest absolute Gasteiger partial charge is 0.480 e. The van der Waals surface area contributed by atoms with Crippen LogP contribution in [-0.4, -0.2) is 59.6 Å². The van der Waals surface area contributed by atoms with Crippen LogP contribution < -0.4 is 0 Å². The highest BCUT2D eigenvalue weighted by molar-refractivity contribution is 7.86. The molecular formula is C11H18N2O5S. The number of nitrogens with zero attached hydrogens (tertiary/aromatic N) is 2. The number of aliphatic carboxylic acids is 1. The zero-order valence-corrected chi connectivity index (χ0v) is 11.4. The summed E-state index contributed by atoms with van der Waals surface area (Å²) in [5.74, 6) is -1.05. The quantitative estimate of drug-likeness (QED) is 0.779. The minimum absolute atomic E-state index is 0.0554. The molecule has 0 amide bonds. The van der Waals surface area contributed by atoms with Crippen molar-refractivity contribution in [3.8, 4) is 0 Å². The zero-order valence-electron chi connectivity index (χ0n) is 10.6. The Morgan fingerprint density at radius 1 is 1.16 bits per heavy atom. The second-order valence-electron chi connectivity index (χ2n) is 4.91. The lowest BCUT2D eigenvalue weighted by molar-refractivity contribution is -0.142. The number of hydrogen-bond donors (Lipinski definition) is 1. The average molecular weight is 290 g/mol. The van der Waals surface area contributed by atoms with E-state index in [1.54, 1.807) is 0 Å². The van der Waals surface area contributed by atoms with E-state index in [9.17, 15) is 18.0 Å². The van der Waals surface area contributed by atoms with Crippen molar-refractivity contribution >= 4 is 22.0 Å². The van der Waals surface area contributed by atoms with Crippen molar-refractivity contribution in [2.45, 2.75) is 38.1 Å². The Morgan fingerprint density at radius 3 is 2.37 bits per heavy atom. The molecule has 1 N–H and O–H groups in total. The van der Waals surface area contributed by atoms with Gasteiger partial charge in [0.1, 0.15) is 11.8 Å². The molecule has 2 fully saturated rings. The summed E-state index contributed by atoms with van der Waals surface area (Å²) >= 11 is 0. The molecule has 0 aromatic heterocycles. The van der Waals surface area contributed by atoms with Crippen LogP contribution in [0.5, 0.6) is 0 Å². The molecule has 2 aliphatic rings. The maximum atomic E-state index is 12.4. The molecule has 0 radical (unpaired) electrons. The number of carboxylic acids is 1. The van der Waals surface area contributed by atoms with E-state index in [2.05, 4.69) is 0 Å². The third-order valence-electron chi connectivity index (χ3n) is 3.64. The van der Waals surface area contributed by atoms with Gasteiger partial charge in [-0.05, 0) is 19.3 Å². The number of carbonyl (C=O) groups excluding carboxylic acids is 1. The molecule has 2 rings (SSSR count). The van der Waals surface area contributed by atoms with Crippen LogP contribution in [-0.2, 0) is 19.8 Å². The fraction of sp³-hybridized carbons (Fsp3) is 0.818. The molecule has 1 atom stereocenters. The van der Waals surface area contributed by atoms with E-state index in [0.29, 0.717) is 12.8 Å². The van der Waals surface area contributed by atoms with Crippen LogP contribution in [0.2, 0.25) is 0 Å². The molecule has 0 saturated carbocycles. The van der Waals surface area contributed by atoms with Crippen LogP contribution in [0.3, 0.4) is 0 Å². The van der Waals surface area contributed by atoms with Gasteiger partial charge in [0.25, 0.3) is 10.2 Å². The van der Waals surface area contributed by atoms with Crippen molar-refractivity contribution in [3.05, 3.63) is 0 Å². The van der Waals surface area contributed by atoms with Gasteiger partial charge in [0, 0.05) is 32.5 Å². The fourth-order valence-electron chi connectivity index (χ4n) is 2.54. The van der Waals surface area contributed by atoms with Crippen molar-refractivity contribution in [1.29, 1.82) is 0 Å². The molecule has 19 heavy (non-hydrogen) atoms. The number of rotatable bonds is 3. The molecule has 7 nitrogen and oxygen atoms in total. The van der Waals surface area contributed by atoms with E-state index in [1.807, 2.05) is 0 Å². The third kappa shape index (κ3) is 2.96. The topological polar surface area (TPSA) is 95.0 Å². The van der Waals surface area contributed by atoms with Gasteiger partial charge in [-0.2, -0.15) is 17.0 Å². The normalized spacial score (nSPS) is 27.4. The van der Waals surface area contributed by atoms with Crippen molar-refractivity contribution in [2.24, 2.45) is 0 Å². The molecule has 8 heteroatoms. The molecule has 2 heterocycles. The second kappa shape index (κ2) is 5.56. The van der Waals surface area contributed by atoms with Gasteiger partial charge in [-0.1, -0.05) is 0 Å². The van der Waals surface area contributed by atoms with Gasteiger partial charge in [0.15, 0.2) is 0 Å². The third-order valence-corrected chi connectivity index (χ3v) is 5.69. The van der Waals surface area contributed by atoms with Crippen LogP contribution in [0, 0.1) is 0 Å². The lowest BCUT2D eigenvalue weighted by Gasteiger charge is -2.36. The summed E-state index contributed by atoms with van der Waals surface area (Å²) in [5, 5.41) is 9.13. The molecule has 0 aliphatic carbocycles. The van der Waals surface area contributed by atoms with Crippen LogP contribution in [0.1, 0.15) is 32.1 Å². The number of carbonyl (C=O) groups is 2. The van der Waals surface area contributed by atoms with Crippen LogP contribution in [0.15, 0.2) is 0 Å². The molecule has 108 valence electrons. The van der Waals surface area contributed by atoms with Gasteiger partial charge < -0.3 is 5.11 Å². The highest BCUT2D eigenvalue weighted by Crippen LogP contribution is 2.24. The lowest BCUT2D eigenvalue weighted by Crippen LogP contribution is -2.54. The van der Waals surface area contributed by atoms with Gasteiger partial charge in [-0.3, -0.25) is 9.59 Å². The summed E-state index contributed by atoms with van der Waals surface area (Å²) in [6, 6.07) is -0.976.